The number of fused-ring (bicyclic) bond motifs is 3. The fourth-order valence-electron chi connectivity index (χ4n) is 3.25. The molecule has 5 heteroatoms. The maximum atomic E-state index is 13.3. The first-order chi connectivity index (χ1) is 12.5. The molecule has 0 saturated heterocycles. The quantitative estimate of drug-likeness (QED) is 0.458. The first kappa shape index (κ1) is 16.8. The first-order valence-electron chi connectivity index (χ1n) is 8.02. The number of aromatic nitrogens is 1. The van der Waals surface area contributed by atoms with Crippen LogP contribution in [-0.2, 0) is 0 Å². The van der Waals surface area contributed by atoms with Crippen LogP contribution in [0.5, 0.6) is 0 Å². The lowest BCUT2D eigenvalue weighted by molar-refractivity contribution is 0.975. The Bertz CT molecular complexity index is 1210. The number of nitrogens with zero attached hydrogens (tertiary/aromatic N) is 1. The van der Waals surface area contributed by atoms with Gasteiger partial charge in [-0.05, 0) is 47.5 Å². The summed E-state index contributed by atoms with van der Waals surface area (Å²) in [5, 5.41) is 2.80. The van der Waals surface area contributed by atoms with E-state index >= 15 is 0 Å². The number of benzene rings is 3. The third-order valence-electron chi connectivity index (χ3n) is 4.40. The molecule has 26 heavy (non-hydrogen) atoms. The number of rotatable bonds is 1. The van der Waals surface area contributed by atoms with Gasteiger partial charge in [0.15, 0.2) is 0 Å². The van der Waals surface area contributed by atoms with Crippen molar-refractivity contribution in [1.29, 1.82) is 0 Å². The van der Waals surface area contributed by atoms with Crippen LogP contribution in [-0.4, -0.2) is 4.57 Å². The second kappa shape index (κ2) is 6.27. The van der Waals surface area contributed by atoms with Crippen LogP contribution in [0, 0.1) is 6.92 Å². The summed E-state index contributed by atoms with van der Waals surface area (Å²) in [5.41, 5.74) is 0.156. The number of hydrogen-bond donors (Lipinski definition) is 0. The van der Waals surface area contributed by atoms with Gasteiger partial charge in [-0.1, -0.05) is 59.6 Å². The molecule has 4 aromatic rings. The topological polar surface area (TPSA) is 39.1 Å². The lowest BCUT2D eigenvalue weighted by Crippen LogP contribution is -2.29. The van der Waals surface area contributed by atoms with Crippen molar-refractivity contribution in [2.75, 3.05) is 0 Å². The molecule has 1 aromatic heterocycles. The van der Waals surface area contributed by atoms with E-state index in [4.69, 9.17) is 23.2 Å². The van der Waals surface area contributed by atoms with Crippen molar-refractivity contribution in [1.82, 2.24) is 4.57 Å². The molecule has 0 amide bonds. The van der Waals surface area contributed by atoms with Gasteiger partial charge < -0.3 is 0 Å². The zero-order valence-corrected chi connectivity index (χ0v) is 15.3. The molecule has 0 radical (unpaired) electrons. The van der Waals surface area contributed by atoms with Crippen LogP contribution in [0.3, 0.4) is 0 Å². The Hall–Kier alpha value is -2.62. The van der Waals surface area contributed by atoms with E-state index in [0.717, 1.165) is 10.1 Å². The zero-order valence-electron chi connectivity index (χ0n) is 13.8. The van der Waals surface area contributed by atoms with Crippen molar-refractivity contribution in [3.8, 4) is 5.69 Å². The van der Waals surface area contributed by atoms with E-state index in [-0.39, 0.29) is 15.7 Å². The normalized spacial score (nSPS) is 11.2. The van der Waals surface area contributed by atoms with Crippen LogP contribution in [0.2, 0.25) is 10.0 Å². The molecule has 1 heterocycles. The number of aryl methyl sites for hydroxylation is 1. The van der Waals surface area contributed by atoms with Crippen molar-refractivity contribution < 1.29 is 0 Å². The SMILES string of the molecule is Cc1cc(Cl)c(-n2c(=O)c3ccccc3c3ccccc3c2=O)c(Cl)c1. The molecule has 3 aromatic carbocycles. The number of hydrogen-bond acceptors (Lipinski definition) is 2. The molecule has 0 spiro atoms. The van der Waals surface area contributed by atoms with E-state index < -0.39 is 11.1 Å². The summed E-state index contributed by atoms with van der Waals surface area (Å²) < 4.78 is 1.08. The van der Waals surface area contributed by atoms with Gasteiger partial charge in [0.2, 0.25) is 0 Å². The third kappa shape index (κ3) is 2.52. The molecule has 0 unspecified atom stereocenters. The lowest BCUT2D eigenvalue weighted by Gasteiger charge is -2.09. The van der Waals surface area contributed by atoms with Gasteiger partial charge in [-0.2, -0.15) is 0 Å². The van der Waals surface area contributed by atoms with Crippen molar-refractivity contribution >= 4 is 44.7 Å². The maximum Gasteiger partial charge on any atom is 0.266 e. The van der Waals surface area contributed by atoms with Gasteiger partial charge >= 0.3 is 0 Å². The predicted molar refractivity (Wildman–Crippen MR) is 108 cm³/mol. The van der Waals surface area contributed by atoms with E-state index in [1.165, 1.54) is 0 Å². The van der Waals surface area contributed by atoms with Crippen molar-refractivity contribution in [3.05, 3.63) is 97.0 Å². The van der Waals surface area contributed by atoms with Gasteiger partial charge in [0.25, 0.3) is 11.1 Å². The van der Waals surface area contributed by atoms with Crippen molar-refractivity contribution in [3.63, 3.8) is 0 Å². The van der Waals surface area contributed by atoms with Crippen LogP contribution in [0.4, 0.5) is 0 Å². The fourth-order valence-corrected chi connectivity index (χ4v) is 4.02. The summed E-state index contributed by atoms with van der Waals surface area (Å²) in [7, 11) is 0. The second-order valence-electron chi connectivity index (χ2n) is 6.11. The molecular weight excluding hydrogens is 369 g/mol. The third-order valence-corrected chi connectivity index (χ3v) is 4.97. The second-order valence-corrected chi connectivity index (χ2v) is 6.93. The highest BCUT2D eigenvalue weighted by Gasteiger charge is 2.17. The molecule has 0 atom stereocenters. The maximum absolute atomic E-state index is 13.3. The van der Waals surface area contributed by atoms with Gasteiger partial charge in [-0.15, -0.1) is 0 Å². The standard InChI is InChI=1S/C21H13Cl2NO2/c1-12-10-17(22)19(18(23)11-12)24-20(25)15-8-4-2-6-13(15)14-7-3-5-9-16(14)21(24)26/h2-11H,1H3. The zero-order chi connectivity index (χ0) is 18.4. The van der Waals surface area contributed by atoms with Gasteiger partial charge in [0.1, 0.15) is 0 Å². The van der Waals surface area contributed by atoms with Crippen LogP contribution < -0.4 is 11.1 Å². The van der Waals surface area contributed by atoms with Gasteiger partial charge in [0.05, 0.1) is 15.7 Å². The van der Waals surface area contributed by atoms with Crippen LogP contribution >= 0.6 is 23.2 Å². The average Bonchev–Trinajstić information content (AvgIpc) is 2.71. The summed E-state index contributed by atoms with van der Waals surface area (Å²) in [6.45, 7) is 1.85. The van der Waals surface area contributed by atoms with Crippen molar-refractivity contribution in [2.24, 2.45) is 0 Å². The Labute approximate surface area is 159 Å². The fraction of sp³-hybridized carbons (Fsp3) is 0.0476. The highest BCUT2D eigenvalue weighted by Crippen LogP contribution is 2.29. The minimum Gasteiger partial charge on any atom is -0.268 e. The highest BCUT2D eigenvalue weighted by atomic mass is 35.5. The summed E-state index contributed by atoms with van der Waals surface area (Å²) in [6, 6.07) is 17.7. The smallest absolute Gasteiger partial charge is 0.266 e. The van der Waals surface area contributed by atoms with E-state index in [2.05, 4.69) is 0 Å². The molecule has 0 saturated carbocycles. The van der Waals surface area contributed by atoms with E-state index in [9.17, 15) is 9.59 Å². The Kier molecular flexibility index (Phi) is 4.06. The minimum absolute atomic E-state index is 0.209. The van der Waals surface area contributed by atoms with Gasteiger partial charge in [-0.25, -0.2) is 4.57 Å². The first-order valence-corrected chi connectivity index (χ1v) is 8.77. The molecule has 4 rings (SSSR count). The highest BCUT2D eigenvalue weighted by molar-refractivity contribution is 6.37. The molecule has 0 bridgehead atoms. The molecule has 0 aliphatic carbocycles. The molecular formula is C21H13Cl2NO2. The molecule has 128 valence electrons. The number of halogens is 2. The predicted octanol–water partition coefficient (Wildman–Crippen LogP) is 5.12. The van der Waals surface area contributed by atoms with Crippen molar-refractivity contribution in [2.45, 2.75) is 6.92 Å². The summed E-state index contributed by atoms with van der Waals surface area (Å²) in [6.07, 6.45) is 0. The molecule has 0 aliphatic rings. The van der Waals surface area contributed by atoms with Crippen LogP contribution in [0.15, 0.2) is 70.3 Å². The van der Waals surface area contributed by atoms with Gasteiger partial charge in [-0.3, -0.25) is 9.59 Å². The van der Waals surface area contributed by atoms with E-state index in [0.29, 0.717) is 21.5 Å². The minimum atomic E-state index is -0.450. The molecule has 0 aliphatic heterocycles. The van der Waals surface area contributed by atoms with E-state index in [1.807, 2.05) is 31.2 Å². The van der Waals surface area contributed by atoms with Gasteiger partial charge in [0, 0.05) is 10.8 Å². The largest absolute Gasteiger partial charge is 0.268 e. The Morgan fingerprint density at radius 1 is 0.692 bits per heavy atom. The Morgan fingerprint density at radius 2 is 1.08 bits per heavy atom. The summed E-state index contributed by atoms with van der Waals surface area (Å²) in [4.78, 5) is 26.6. The average molecular weight is 382 g/mol. The Morgan fingerprint density at radius 3 is 1.50 bits per heavy atom. The van der Waals surface area contributed by atoms with Crippen LogP contribution in [0.1, 0.15) is 5.56 Å². The lowest BCUT2D eigenvalue weighted by atomic mass is 10.1. The summed E-state index contributed by atoms with van der Waals surface area (Å²) >= 11 is 12.8. The Balaban J connectivity index is 2.36. The summed E-state index contributed by atoms with van der Waals surface area (Å²) in [5.74, 6) is 0. The van der Waals surface area contributed by atoms with E-state index in [1.54, 1.807) is 36.4 Å². The molecule has 0 fully saturated rings. The monoisotopic (exact) mass is 381 g/mol. The van der Waals surface area contributed by atoms with Crippen LogP contribution in [0.25, 0.3) is 27.2 Å². The molecule has 3 nitrogen and oxygen atoms in total. The molecule has 0 N–H and O–H groups in total.